The number of rotatable bonds is 1. The summed E-state index contributed by atoms with van der Waals surface area (Å²) in [5.74, 6) is 0. The standard InChI is InChI=1S/C13H11BrN2S/c14-9-3-4-11-10(8-9)13(16-6-5-15-11)12-2-1-7-17-12/h1-4,7-8,15H,5-6H2. The molecule has 0 aliphatic carbocycles. The summed E-state index contributed by atoms with van der Waals surface area (Å²) in [7, 11) is 0. The van der Waals surface area contributed by atoms with Crippen LogP contribution in [0.25, 0.3) is 0 Å². The fourth-order valence-corrected chi connectivity index (χ4v) is 3.04. The summed E-state index contributed by atoms with van der Waals surface area (Å²) >= 11 is 5.26. The van der Waals surface area contributed by atoms with Crippen LogP contribution < -0.4 is 5.32 Å². The van der Waals surface area contributed by atoms with E-state index in [1.807, 2.05) is 0 Å². The van der Waals surface area contributed by atoms with Crippen LogP contribution in [0.3, 0.4) is 0 Å². The maximum absolute atomic E-state index is 4.69. The number of hydrogen-bond donors (Lipinski definition) is 1. The van der Waals surface area contributed by atoms with Crippen LogP contribution in [0, 0.1) is 0 Å². The van der Waals surface area contributed by atoms with Gasteiger partial charge in [-0.3, -0.25) is 4.99 Å². The molecule has 2 aromatic rings. The van der Waals surface area contributed by atoms with Gasteiger partial charge in [-0.25, -0.2) is 0 Å². The van der Waals surface area contributed by atoms with Crippen LogP contribution in [0.5, 0.6) is 0 Å². The third-order valence-corrected chi connectivity index (χ3v) is 4.06. The molecular weight excluding hydrogens is 296 g/mol. The third kappa shape index (κ3) is 2.15. The molecule has 1 N–H and O–H groups in total. The summed E-state index contributed by atoms with van der Waals surface area (Å²) in [6.45, 7) is 1.71. The van der Waals surface area contributed by atoms with E-state index in [0.717, 1.165) is 29.0 Å². The summed E-state index contributed by atoms with van der Waals surface area (Å²) in [5.41, 5.74) is 3.44. The first-order chi connectivity index (χ1) is 8.34. The molecule has 0 unspecified atom stereocenters. The van der Waals surface area contributed by atoms with Crippen LogP contribution in [0.15, 0.2) is 45.2 Å². The van der Waals surface area contributed by atoms with Gasteiger partial charge in [0.1, 0.15) is 0 Å². The Balaban J connectivity index is 2.17. The summed E-state index contributed by atoms with van der Waals surface area (Å²) < 4.78 is 1.09. The second kappa shape index (κ2) is 4.63. The van der Waals surface area contributed by atoms with Gasteiger partial charge in [-0.1, -0.05) is 22.0 Å². The number of halogens is 1. The van der Waals surface area contributed by atoms with Gasteiger partial charge >= 0.3 is 0 Å². The van der Waals surface area contributed by atoms with Gasteiger partial charge < -0.3 is 5.32 Å². The SMILES string of the molecule is Brc1ccc2c(c1)C(c1cccs1)=NCCN2. The van der Waals surface area contributed by atoms with Crippen molar-refractivity contribution in [1.29, 1.82) is 0 Å². The van der Waals surface area contributed by atoms with Gasteiger partial charge in [0.25, 0.3) is 0 Å². The number of fused-ring (bicyclic) bond motifs is 1. The van der Waals surface area contributed by atoms with Crippen molar-refractivity contribution in [2.75, 3.05) is 18.4 Å². The molecule has 1 aromatic carbocycles. The number of anilines is 1. The quantitative estimate of drug-likeness (QED) is 0.852. The molecule has 2 heterocycles. The number of thiophene rings is 1. The van der Waals surface area contributed by atoms with E-state index >= 15 is 0 Å². The molecule has 0 fully saturated rings. The zero-order chi connectivity index (χ0) is 11.7. The van der Waals surface area contributed by atoms with Crippen molar-refractivity contribution < 1.29 is 0 Å². The molecule has 0 amide bonds. The molecule has 1 aromatic heterocycles. The van der Waals surface area contributed by atoms with Crippen LogP contribution >= 0.6 is 27.3 Å². The fraction of sp³-hybridized carbons (Fsp3) is 0.154. The van der Waals surface area contributed by atoms with Gasteiger partial charge in [0.2, 0.25) is 0 Å². The molecule has 1 aliphatic heterocycles. The Morgan fingerprint density at radius 2 is 2.24 bits per heavy atom. The number of nitrogens with zero attached hydrogens (tertiary/aromatic N) is 1. The lowest BCUT2D eigenvalue weighted by Gasteiger charge is -2.09. The summed E-state index contributed by atoms with van der Waals surface area (Å²) in [6.07, 6.45) is 0. The lowest BCUT2D eigenvalue weighted by molar-refractivity contribution is 1.04. The van der Waals surface area contributed by atoms with Crippen molar-refractivity contribution in [1.82, 2.24) is 0 Å². The minimum Gasteiger partial charge on any atom is -0.383 e. The third-order valence-electron chi connectivity index (χ3n) is 2.69. The average Bonchev–Trinajstić information content (AvgIpc) is 2.77. The Labute approximate surface area is 113 Å². The van der Waals surface area contributed by atoms with Crippen LogP contribution in [0.4, 0.5) is 5.69 Å². The number of aliphatic imine (C=N–C) groups is 1. The Morgan fingerprint density at radius 3 is 3.06 bits per heavy atom. The molecule has 4 heteroatoms. The van der Waals surface area contributed by atoms with E-state index in [1.165, 1.54) is 10.4 Å². The van der Waals surface area contributed by atoms with E-state index in [2.05, 4.69) is 57.0 Å². The molecule has 17 heavy (non-hydrogen) atoms. The van der Waals surface area contributed by atoms with Crippen molar-refractivity contribution >= 4 is 38.7 Å². The minimum atomic E-state index is 0.819. The predicted octanol–water partition coefficient (Wildman–Crippen LogP) is 3.77. The first kappa shape index (κ1) is 11.0. The zero-order valence-electron chi connectivity index (χ0n) is 9.11. The average molecular weight is 307 g/mol. The molecule has 86 valence electrons. The van der Waals surface area contributed by atoms with Crippen molar-refractivity contribution in [2.45, 2.75) is 0 Å². The summed E-state index contributed by atoms with van der Waals surface area (Å²) in [6, 6.07) is 10.5. The highest BCUT2D eigenvalue weighted by atomic mass is 79.9. The summed E-state index contributed by atoms with van der Waals surface area (Å²) in [5, 5.41) is 5.50. The zero-order valence-corrected chi connectivity index (χ0v) is 11.5. The van der Waals surface area contributed by atoms with Gasteiger partial charge in [0, 0.05) is 22.3 Å². The van der Waals surface area contributed by atoms with E-state index < -0.39 is 0 Å². The molecule has 0 radical (unpaired) electrons. The number of benzodiazepines with no additional fused rings is 1. The Kier molecular flexibility index (Phi) is 2.99. The molecule has 2 nitrogen and oxygen atoms in total. The van der Waals surface area contributed by atoms with Gasteiger partial charge in [-0.2, -0.15) is 0 Å². The highest BCUT2D eigenvalue weighted by Crippen LogP contribution is 2.27. The van der Waals surface area contributed by atoms with Crippen molar-refractivity contribution in [3.63, 3.8) is 0 Å². The Hall–Kier alpha value is -1.13. The monoisotopic (exact) mass is 306 g/mol. The predicted molar refractivity (Wildman–Crippen MR) is 77.5 cm³/mol. The van der Waals surface area contributed by atoms with E-state index in [0.29, 0.717) is 0 Å². The topological polar surface area (TPSA) is 24.4 Å². The smallest absolute Gasteiger partial charge is 0.0840 e. The first-order valence-corrected chi connectivity index (χ1v) is 7.14. The van der Waals surface area contributed by atoms with Crippen molar-refractivity contribution in [3.8, 4) is 0 Å². The van der Waals surface area contributed by atoms with E-state index in [-0.39, 0.29) is 0 Å². The highest BCUT2D eigenvalue weighted by molar-refractivity contribution is 9.10. The maximum atomic E-state index is 4.69. The Bertz CT molecular complexity index is 561. The van der Waals surface area contributed by atoms with Crippen molar-refractivity contribution in [2.24, 2.45) is 4.99 Å². The second-order valence-corrected chi connectivity index (χ2v) is 5.69. The van der Waals surface area contributed by atoms with Crippen molar-refractivity contribution in [3.05, 3.63) is 50.6 Å². The van der Waals surface area contributed by atoms with Crippen LogP contribution in [0.2, 0.25) is 0 Å². The number of nitrogens with one attached hydrogen (secondary N) is 1. The highest BCUT2D eigenvalue weighted by Gasteiger charge is 2.15. The Morgan fingerprint density at radius 1 is 1.29 bits per heavy atom. The first-order valence-electron chi connectivity index (χ1n) is 5.47. The molecule has 0 saturated carbocycles. The van der Waals surface area contributed by atoms with E-state index in [9.17, 15) is 0 Å². The van der Waals surface area contributed by atoms with Crippen LogP contribution in [0.1, 0.15) is 10.4 Å². The number of benzene rings is 1. The van der Waals surface area contributed by atoms with Crippen LogP contribution in [-0.4, -0.2) is 18.8 Å². The molecule has 3 rings (SSSR count). The normalized spacial score (nSPS) is 14.5. The maximum Gasteiger partial charge on any atom is 0.0840 e. The number of hydrogen-bond acceptors (Lipinski definition) is 3. The summed E-state index contributed by atoms with van der Waals surface area (Å²) in [4.78, 5) is 5.92. The molecule has 0 bridgehead atoms. The fourth-order valence-electron chi connectivity index (χ4n) is 1.93. The van der Waals surface area contributed by atoms with Gasteiger partial charge in [-0.05, 0) is 29.6 Å². The lowest BCUT2D eigenvalue weighted by Crippen LogP contribution is -2.04. The largest absolute Gasteiger partial charge is 0.383 e. The lowest BCUT2D eigenvalue weighted by atomic mass is 10.1. The second-order valence-electron chi connectivity index (χ2n) is 3.82. The van der Waals surface area contributed by atoms with Gasteiger partial charge in [-0.15, -0.1) is 11.3 Å². The molecule has 0 saturated heterocycles. The van der Waals surface area contributed by atoms with Gasteiger partial charge in [0.15, 0.2) is 0 Å². The van der Waals surface area contributed by atoms with E-state index in [1.54, 1.807) is 11.3 Å². The molecule has 0 spiro atoms. The van der Waals surface area contributed by atoms with E-state index in [4.69, 9.17) is 4.99 Å². The minimum absolute atomic E-state index is 0.819. The molecule has 1 aliphatic rings. The van der Waals surface area contributed by atoms with Gasteiger partial charge in [0.05, 0.1) is 17.1 Å². The molecule has 0 atom stereocenters. The molecular formula is C13H11BrN2S. The van der Waals surface area contributed by atoms with Crippen LogP contribution in [-0.2, 0) is 0 Å².